The molecular formula is C13H22N2S. The third-order valence-corrected chi connectivity index (χ3v) is 4.08. The summed E-state index contributed by atoms with van der Waals surface area (Å²) in [5.41, 5.74) is 1.27. The summed E-state index contributed by atoms with van der Waals surface area (Å²) < 4.78 is 0. The Morgan fingerprint density at radius 1 is 1.44 bits per heavy atom. The largest absolute Gasteiger partial charge is 0.297 e. The smallest absolute Gasteiger partial charge is 0.0926 e. The average molecular weight is 238 g/mol. The van der Waals surface area contributed by atoms with Gasteiger partial charge >= 0.3 is 0 Å². The molecule has 16 heavy (non-hydrogen) atoms. The SMILES string of the molecule is CCCN(Cc1csc(CC)n1)CC1CC1. The highest BCUT2D eigenvalue weighted by Gasteiger charge is 2.24. The van der Waals surface area contributed by atoms with Crippen LogP contribution in [0.2, 0.25) is 0 Å². The van der Waals surface area contributed by atoms with Crippen LogP contribution in [0.5, 0.6) is 0 Å². The average Bonchev–Trinajstić information content (AvgIpc) is 2.96. The molecule has 1 aromatic heterocycles. The summed E-state index contributed by atoms with van der Waals surface area (Å²) in [6, 6.07) is 0. The molecule has 0 unspecified atom stereocenters. The summed E-state index contributed by atoms with van der Waals surface area (Å²) in [6.07, 6.45) is 5.20. The molecule has 2 rings (SSSR count). The molecule has 0 N–H and O–H groups in total. The molecule has 0 atom stereocenters. The topological polar surface area (TPSA) is 16.1 Å². The maximum atomic E-state index is 4.66. The first-order chi connectivity index (χ1) is 7.81. The van der Waals surface area contributed by atoms with E-state index in [2.05, 4.69) is 29.1 Å². The van der Waals surface area contributed by atoms with E-state index in [-0.39, 0.29) is 0 Å². The lowest BCUT2D eigenvalue weighted by molar-refractivity contribution is 0.252. The van der Waals surface area contributed by atoms with E-state index in [9.17, 15) is 0 Å². The molecule has 0 saturated heterocycles. The van der Waals surface area contributed by atoms with E-state index < -0.39 is 0 Å². The van der Waals surface area contributed by atoms with E-state index in [4.69, 9.17) is 0 Å². The van der Waals surface area contributed by atoms with Crippen LogP contribution in [0.15, 0.2) is 5.38 Å². The number of rotatable bonds is 7. The molecule has 1 saturated carbocycles. The van der Waals surface area contributed by atoms with Crippen LogP contribution in [-0.2, 0) is 13.0 Å². The second-order valence-corrected chi connectivity index (χ2v) is 5.71. The van der Waals surface area contributed by atoms with Crippen molar-refractivity contribution in [1.82, 2.24) is 9.88 Å². The van der Waals surface area contributed by atoms with E-state index >= 15 is 0 Å². The Labute approximate surface area is 103 Å². The Morgan fingerprint density at radius 3 is 2.81 bits per heavy atom. The van der Waals surface area contributed by atoms with Crippen LogP contribution in [0.4, 0.5) is 0 Å². The van der Waals surface area contributed by atoms with Gasteiger partial charge in [-0.2, -0.15) is 0 Å². The van der Waals surface area contributed by atoms with E-state index in [1.807, 2.05) is 0 Å². The van der Waals surface area contributed by atoms with E-state index in [0.29, 0.717) is 0 Å². The summed E-state index contributed by atoms with van der Waals surface area (Å²) in [4.78, 5) is 7.23. The lowest BCUT2D eigenvalue weighted by atomic mass is 10.3. The quantitative estimate of drug-likeness (QED) is 0.724. The van der Waals surface area contributed by atoms with Crippen LogP contribution in [0.1, 0.15) is 43.8 Å². The summed E-state index contributed by atoms with van der Waals surface area (Å²) in [5, 5.41) is 3.51. The minimum atomic E-state index is 0.982. The Bertz CT molecular complexity index is 317. The molecule has 0 bridgehead atoms. The fourth-order valence-electron chi connectivity index (χ4n) is 2.03. The van der Waals surface area contributed by atoms with Gasteiger partial charge in [-0.05, 0) is 38.1 Å². The van der Waals surface area contributed by atoms with Gasteiger partial charge in [-0.3, -0.25) is 4.90 Å². The zero-order valence-electron chi connectivity index (χ0n) is 10.4. The van der Waals surface area contributed by atoms with Gasteiger partial charge in [0, 0.05) is 18.5 Å². The molecular weight excluding hydrogens is 216 g/mol. The van der Waals surface area contributed by atoms with E-state index in [1.54, 1.807) is 11.3 Å². The van der Waals surface area contributed by atoms with Crippen molar-refractivity contribution >= 4 is 11.3 Å². The van der Waals surface area contributed by atoms with Crippen molar-refractivity contribution in [2.75, 3.05) is 13.1 Å². The molecule has 1 aromatic rings. The van der Waals surface area contributed by atoms with Crippen LogP contribution in [0, 0.1) is 5.92 Å². The normalized spacial score (nSPS) is 15.9. The molecule has 0 amide bonds. The predicted octanol–water partition coefficient (Wildman–Crippen LogP) is 3.33. The highest BCUT2D eigenvalue weighted by molar-refractivity contribution is 7.09. The lowest BCUT2D eigenvalue weighted by Gasteiger charge is -2.20. The molecule has 0 radical (unpaired) electrons. The van der Waals surface area contributed by atoms with Crippen LogP contribution < -0.4 is 0 Å². The molecule has 1 aliphatic carbocycles. The standard InChI is InChI=1S/C13H22N2S/c1-3-7-15(8-11-5-6-11)9-12-10-16-13(4-2)14-12/h10-11H,3-9H2,1-2H3. The highest BCUT2D eigenvalue weighted by Crippen LogP contribution is 2.30. The van der Waals surface area contributed by atoms with Crippen molar-refractivity contribution in [3.63, 3.8) is 0 Å². The van der Waals surface area contributed by atoms with Crippen molar-refractivity contribution in [2.45, 2.75) is 46.1 Å². The van der Waals surface area contributed by atoms with Gasteiger partial charge in [-0.15, -0.1) is 11.3 Å². The predicted molar refractivity (Wildman–Crippen MR) is 69.8 cm³/mol. The van der Waals surface area contributed by atoms with Gasteiger partial charge in [0.2, 0.25) is 0 Å². The molecule has 90 valence electrons. The minimum absolute atomic E-state index is 0.982. The molecule has 0 aromatic carbocycles. The fourth-order valence-corrected chi connectivity index (χ4v) is 2.77. The zero-order valence-corrected chi connectivity index (χ0v) is 11.2. The van der Waals surface area contributed by atoms with Gasteiger partial charge in [0.1, 0.15) is 0 Å². The number of thiazole rings is 1. The van der Waals surface area contributed by atoms with Gasteiger partial charge in [0.15, 0.2) is 0 Å². The summed E-state index contributed by atoms with van der Waals surface area (Å²) in [5.74, 6) is 0.982. The Balaban J connectivity index is 1.87. The van der Waals surface area contributed by atoms with Crippen LogP contribution in [0.3, 0.4) is 0 Å². The van der Waals surface area contributed by atoms with E-state index in [0.717, 1.165) is 18.9 Å². The van der Waals surface area contributed by atoms with Crippen LogP contribution in [0.25, 0.3) is 0 Å². The molecule has 1 aliphatic rings. The highest BCUT2D eigenvalue weighted by atomic mass is 32.1. The van der Waals surface area contributed by atoms with Crippen molar-refractivity contribution in [3.05, 3.63) is 16.1 Å². The second kappa shape index (κ2) is 5.78. The Kier molecular flexibility index (Phi) is 4.36. The summed E-state index contributed by atoms with van der Waals surface area (Å²) in [7, 11) is 0. The number of nitrogens with zero attached hydrogens (tertiary/aromatic N) is 2. The first-order valence-electron chi connectivity index (χ1n) is 6.47. The number of hydrogen-bond acceptors (Lipinski definition) is 3. The third-order valence-electron chi connectivity index (χ3n) is 3.04. The minimum Gasteiger partial charge on any atom is -0.297 e. The van der Waals surface area contributed by atoms with Crippen molar-refractivity contribution < 1.29 is 0 Å². The molecule has 1 fully saturated rings. The first-order valence-corrected chi connectivity index (χ1v) is 7.35. The molecule has 0 aliphatic heterocycles. The van der Waals surface area contributed by atoms with Crippen molar-refractivity contribution in [2.24, 2.45) is 5.92 Å². The Morgan fingerprint density at radius 2 is 2.25 bits per heavy atom. The van der Waals surface area contributed by atoms with Crippen LogP contribution in [-0.4, -0.2) is 23.0 Å². The summed E-state index contributed by atoms with van der Waals surface area (Å²) >= 11 is 1.81. The number of hydrogen-bond donors (Lipinski definition) is 0. The van der Waals surface area contributed by atoms with Gasteiger partial charge in [-0.1, -0.05) is 13.8 Å². The van der Waals surface area contributed by atoms with Crippen molar-refractivity contribution in [1.29, 1.82) is 0 Å². The van der Waals surface area contributed by atoms with Gasteiger partial charge < -0.3 is 0 Å². The fraction of sp³-hybridized carbons (Fsp3) is 0.769. The maximum Gasteiger partial charge on any atom is 0.0926 e. The Hall–Kier alpha value is -0.410. The van der Waals surface area contributed by atoms with Crippen LogP contribution >= 0.6 is 11.3 Å². The molecule has 3 heteroatoms. The number of aryl methyl sites for hydroxylation is 1. The molecule has 0 spiro atoms. The lowest BCUT2D eigenvalue weighted by Crippen LogP contribution is -2.26. The van der Waals surface area contributed by atoms with E-state index in [1.165, 1.54) is 43.1 Å². The van der Waals surface area contributed by atoms with Crippen molar-refractivity contribution in [3.8, 4) is 0 Å². The summed E-state index contributed by atoms with van der Waals surface area (Å²) in [6.45, 7) is 8.00. The first kappa shape index (κ1) is 12.1. The maximum absolute atomic E-state index is 4.66. The van der Waals surface area contributed by atoms with Gasteiger partial charge in [0.25, 0.3) is 0 Å². The third kappa shape index (κ3) is 3.56. The van der Waals surface area contributed by atoms with Gasteiger partial charge in [-0.25, -0.2) is 4.98 Å². The monoisotopic (exact) mass is 238 g/mol. The molecule has 1 heterocycles. The zero-order chi connectivity index (χ0) is 11.4. The molecule has 2 nitrogen and oxygen atoms in total. The second-order valence-electron chi connectivity index (χ2n) is 4.76. The van der Waals surface area contributed by atoms with Gasteiger partial charge in [0.05, 0.1) is 10.7 Å². The number of aromatic nitrogens is 1.